The minimum atomic E-state index is -0.0710. The van der Waals surface area contributed by atoms with Gasteiger partial charge in [0.05, 0.1) is 0 Å². The molecule has 2 saturated heterocycles. The maximum atomic E-state index is 12.4. The van der Waals surface area contributed by atoms with Gasteiger partial charge < -0.3 is 20.4 Å². The van der Waals surface area contributed by atoms with Gasteiger partial charge in [-0.05, 0) is 37.6 Å². The summed E-state index contributed by atoms with van der Waals surface area (Å²) >= 11 is 0. The van der Waals surface area contributed by atoms with Gasteiger partial charge in [-0.15, -0.1) is 0 Å². The molecule has 2 amide bonds. The Morgan fingerprint density at radius 3 is 2.53 bits per heavy atom. The van der Waals surface area contributed by atoms with E-state index in [0.717, 1.165) is 58.1 Å². The molecule has 0 bridgehead atoms. The average molecular weight is 409 g/mol. The van der Waals surface area contributed by atoms with Gasteiger partial charge in [-0.25, -0.2) is 9.78 Å². The second-order valence-corrected chi connectivity index (χ2v) is 8.26. The van der Waals surface area contributed by atoms with Crippen LogP contribution in [0, 0.1) is 0 Å². The number of urea groups is 1. The van der Waals surface area contributed by atoms with Crippen LogP contribution in [0.4, 0.5) is 16.3 Å². The highest BCUT2D eigenvalue weighted by molar-refractivity contribution is 5.74. The molecule has 1 aromatic heterocycles. The van der Waals surface area contributed by atoms with Crippen LogP contribution in [0.2, 0.25) is 0 Å². The SMILES string of the molecule is CC(CN1CCN(c2ccccc2)CC1)NC(=O)NC1CCN(c2ccccn2)C1. The topological polar surface area (TPSA) is 63.7 Å². The summed E-state index contributed by atoms with van der Waals surface area (Å²) in [6, 6.07) is 16.7. The number of nitrogens with zero attached hydrogens (tertiary/aromatic N) is 4. The molecule has 2 fully saturated rings. The van der Waals surface area contributed by atoms with Crippen molar-refractivity contribution in [3.8, 4) is 0 Å². The first-order chi connectivity index (χ1) is 14.7. The molecule has 30 heavy (non-hydrogen) atoms. The van der Waals surface area contributed by atoms with Crippen molar-refractivity contribution < 1.29 is 4.79 Å². The first-order valence-corrected chi connectivity index (χ1v) is 10.9. The van der Waals surface area contributed by atoms with E-state index >= 15 is 0 Å². The van der Waals surface area contributed by atoms with Crippen LogP contribution in [-0.4, -0.2) is 73.8 Å². The monoisotopic (exact) mass is 408 g/mol. The second kappa shape index (κ2) is 9.80. The van der Waals surface area contributed by atoms with Gasteiger partial charge in [0.25, 0.3) is 0 Å². The van der Waals surface area contributed by atoms with Crippen LogP contribution in [-0.2, 0) is 0 Å². The number of aromatic nitrogens is 1. The van der Waals surface area contributed by atoms with Gasteiger partial charge in [0.2, 0.25) is 0 Å². The highest BCUT2D eigenvalue weighted by Gasteiger charge is 2.25. The summed E-state index contributed by atoms with van der Waals surface area (Å²) in [5.41, 5.74) is 1.29. The third kappa shape index (κ3) is 5.42. The Hall–Kier alpha value is -2.80. The van der Waals surface area contributed by atoms with Crippen molar-refractivity contribution in [3.05, 3.63) is 54.7 Å². The van der Waals surface area contributed by atoms with E-state index in [1.165, 1.54) is 5.69 Å². The number of pyridine rings is 1. The molecule has 0 aliphatic carbocycles. The summed E-state index contributed by atoms with van der Waals surface area (Å²) in [5, 5.41) is 6.24. The summed E-state index contributed by atoms with van der Waals surface area (Å²) in [7, 11) is 0. The van der Waals surface area contributed by atoms with E-state index in [4.69, 9.17) is 0 Å². The molecule has 0 radical (unpaired) electrons. The molecule has 160 valence electrons. The molecule has 2 unspecified atom stereocenters. The molecule has 0 saturated carbocycles. The molecule has 0 spiro atoms. The van der Waals surface area contributed by atoms with E-state index in [-0.39, 0.29) is 18.1 Å². The number of benzene rings is 1. The van der Waals surface area contributed by atoms with Crippen molar-refractivity contribution in [2.45, 2.75) is 25.4 Å². The van der Waals surface area contributed by atoms with Crippen molar-refractivity contribution in [1.82, 2.24) is 20.5 Å². The standard InChI is InChI=1S/C23H32N6O/c1-19(17-27-13-15-28(16-14-27)21-7-3-2-4-8-21)25-23(30)26-20-10-12-29(18-20)22-9-5-6-11-24-22/h2-9,11,19-20H,10,12-18H2,1H3,(H2,25,26,30). The van der Waals surface area contributed by atoms with Crippen molar-refractivity contribution in [3.63, 3.8) is 0 Å². The predicted octanol–water partition coefficient (Wildman–Crippen LogP) is 2.17. The molecule has 3 heterocycles. The highest BCUT2D eigenvalue weighted by Crippen LogP contribution is 2.17. The number of carbonyl (C=O) groups is 1. The zero-order valence-electron chi connectivity index (χ0n) is 17.7. The number of nitrogens with one attached hydrogen (secondary N) is 2. The van der Waals surface area contributed by atoms with Crippen molar-refractivity contribution in [2.75, 3.05) is 55.6 Å². The van der Waals surface area contributed by atoms with Gasteiger partial charge in [-0.2, -0.15) is 0 Å². The quantitative estimate of drug-likeness (QED) is 0.767. The van der Waals surface area contributed by atoms with Crippen LogP contribution in [0.15, 0.2) is 54.7 Å². The lowest BCUT2D eigenvalue weighted by Gasteiger charge is -2.37. The van der Waals surface area contributed by atoms with Crippen LogP contribution in [0.3, 0.4) is 0 Å². The molecule has 2 N–H and O–H groups in total. The number of amides is 2. The first-order valence-electron chi connectivity index (χ1n) is 10.9. The minimum Gasteiger partial charge on any atom is -0.369 e. The summed E-state index contributed by atoms with van der Waals surface area (Å²) in [6.07, 6.45) is 2.75. The zero-order valence-corrected chi connectivity index (χ0v) is 17.7. The number of para-hydroxylation sites is 1. The molecule has 7 nitrogen and oxygen atoms in total. The van der Waals surface area contributed by atoms with Gasteiger partial charge in [0.15, 0.2) is 0 Å². The summed E-state index contributed by atoms with van der Waals surface area (Å²) in [5.74, 6) is 0.977. The van der Waals surface area contributed by atoms with E-state index in [1.807, 2.05) is 24.4 Å². The fraction of sp³-hybridized carbons (Fsp3) is 0.478. The Morgan fingerprint density at radius 1 is 1.03 bits per heavy atom. The summed E-state index contributed by atoms with van der Waals surface area (Å²) in [4.78, 5) is 23.9. The molecule has 1 aromatic carbocycles. The van der Waals surface area contributed by atoms with Gasteiger partial charge in [-0.1, -0.05) is 24.3 Å². The summed E-state index contributed by atoms with van der Waals surface area (Å²) in [6.45, 7) is 8.76. The van der Waals surface area contributed by atoms with Gasteiger partial charge >= 0.3 is 6.03 Å². The second-order valence-electron chi connectivity index (χ2n) is 8.26. The van der Waals surface area contributed by atoms with E-state index in [9.17, 15) is 4.79 Å². The minimum absolute atomic E-state index is 0.0710. The Kier molecular flexibility index (Phi) is 6.69. The lowest BCUT2D eigenvalue weighted by Crippen LogP contribution is -2.53. The summed E-state index contributed by atoms with van der Waals surface area (Å²) < 4.78 is 0. The zero-order chi connectivity index (χ0) is 20.8. The third-order valence-corrected chi connectivity index (χ3v) is 5.90. The van der Waals surface area contributed by atoms with Gasteiger partial charge in [0.1, 0.15) is 5.82 Å². The fourth-order valence-electron chi connectivity index (χ4n) is 4.34. The number of piperazine rings is 1. The van der Waals surface area contributed by atoms with Crippen LogP contribution in [0.5, 0.6) is 0 Å². The maximum Gasteiger partial charge on any atom is 0.315 e. The van der Waals surface area contributed by atoms with Crippen molar-refractivity contribution in [1.29, 1.82) is 0 Å². The molecule has 2 atom stereocenters. The van der Waals surface area contributed by atoms with Crippen molar-refractivity contribution in [2.24, 2.45) is 0 Å². The number of rotatable bonds is 6. The van der Waals surface area contributed by atoms with E-state index in [2.05, 4.69) is 67.6 Å². The van der Waals surface area contributed by atoms with Crippen LogP contribution in [0.1, 0.15) is 13.3 Å². The predicted molar refractivity (Wildman–Crippen MR) is 121 cm³/mol. The fourth-order valence-corrected chi connectivity index (χ4v) is 4.34. The van der Waals surface area contributed by atoms with E-state index in [1.54, 1.807) is 0 Å². The largest absolute Gasteiger partial charge is 0.369 e. The number of hydrogen-bond acceptors (Lipinski definition) is 5. The molecule has 7 heteroatoms. The molecule has 2 aliphatic rings. The van der Waals surface area contributed by atoms with Crippen molar-refractivity contribution >= 4 is 17.5 Å². The van der Waals surface area contributed by atoms with E-state index in [0.29, 0.717) is 0 Å². The maximum absolute atomic E-state index is 12.4. The van der Waals surface area contributed by atoms with E-state index < -0.39 is 0 Å². The molecular weight excluding hydrogens is 376 g/mol. The first kappa shape index (κ1) is 20.5. The molecule has 2 aromatic rings. The molecule has 4 rings (SSSR count). The Labute approximate surface area is 179 Å². The Balaban J connectivity index is 1.16. The van der Waals surface area contributed by atoms with Gasteiger partial charge in [0, 0.05) is 69.8 Å². The van der Waals surface area contributed by atoms with Gasteiger partial charge in [-0.3, -0.25) is 4.90 Å². The Morgan fingerprint density at radius 2 is 1.80 bits per heavy atom. The lowest BCUT2D eigenvalue weighted by atomic mass is 10.2. The lowest BCUT2D eigenvalue weighted by molar-refractivity contribution is 0.216. The smallest absolute Gasteiger partial charge is 0.315 e. The highest BCUT2D eigenvalue weighted by atomic mass is 16.2. The molecular formula is C23H32N6O. The number of carbonyl (C=O) groups excluding carboxylic acids is 1. The third-order valence-electron chi connectivity index (χ3n) is 5.90. The van der Waals surface area contributed by atoms with Crippen LogP contribution >= 0.6 is 0 Å². The number of hydrogen-bond donors (Lipinski definition) is 2. The van der Waals surface area contributed by atoms with Crippen LogP contribution < -0.4 is 20.4 Å². The molecule has 2 aliphatic heterocycles. The number of anilines is 2. The average Bonchev–Trinajstić information content (AvgIpc) is 3.23. The normalized spacial score (nSPS) is 20.8. The Bertz CT molecular complexity index is 794. The van der Waals surface area contributed by atoms with Crippen LogP contribution in [0.25, 0.3) is 0 Å².